The number of aliphatic carboxylic acids is 1. The number of non-ortho nitro benzene ring substituents is 1. The molecule has 1 N–H and O–H groups in total. The van der Waals surface area contributed by atoms with E-state index in [-0.39, 0.29) is 21.8 Å². The number of nitrogens with one attached hydrogen (secondary N) is 1. The van der Waals surface area contributed by atoms with Crippen LogP contribution in [0.4, 0.5) is 5.69 Å². The predicted octanol–water partition coefficient (Wildman–Crippen LogP) is 2.42. The molecular formula is C16H9Cl2N2O5-. The van der Waals surface area contributed by atoms with Gasteiger partial charge in [-0.15, -0.1) is 0 Å². The molecule has 0 aliphatic rings. The highest BCUT2D eigenvalue weighted by atomic mass is 35.5. The quantitative estimate of drug-likeness (QED) is 0.486. The minimum absolute atomic E-state index is 0.0114. The molecule has 0 aliphatic heterocycles. The van der Waals surface area contributed by atoms with Crippen LogP contribution in [0.1, 0.15) is 15.9 Å². The van der Waals surface area contributed by atoms with Crippen LogP contribution in [0.25, 0.3) is 6.08 Å². The van der Waals surface area contributed by atoms with Gasteiger partial charge in [0.05, 0.1) is 27.2 Å². The Labute approximate surface area is 151 Å². The number of nitro groups is 1. The maximum Gasteiger partial charge on any atom is 0.270 e. The van der Waals surface area contributed by atoms with Crippen LogP contribution in [0, 0.1) is 10.1 Å². The molecule has 2 aromatic carbocycles. The minimum atomic E-state index is -1.66. The number of carboxylic acid groups (broad SMARTS) is 1. The van der Waals surface area contributed by atoms with Gasteiger partial charge in [0.2, 0.25) is 0 Å². The fraction of sp³-hybridized carbons (Fsp3) is 0. The van der Waals surface area contributed by atoms with Crippen molar-refractivity contribution >= 4 is 46.8 Å². The highest BCUT2D eigenvalue weighted by Gasteiger charge is 2.13. The molecule has 0 fully saturated rings. The zero-order valence-electron chi connectivity index (χ0n) is 12.4. The zero-order valence-corrected chi connectivity index (χ0v) is 13.9. The standard InChI is InChI=1S/C16H10Cl2N2O5/c17-10-4-5-12(13(18)8-10)15(21)19-14(16(22)23)7-9-2-1-3-11(6-9)20(24)25/h1-8H,(H,19,21)(H,22,23)/p-1/b14-7+. The fourth-order valence-electron chi connectivity index (χ4n) is 1.90. The average molecular weight is 380 g/mol. The Bertz CT molecular complexity index is 896. The molecule has 0 aromatic heterocycles. The summed E-state index contributed by atoms with van der Waals surface area (Å²) >= 11 is 11.6. The molecule has 9 heteroatoms. The summed E-state index contributed by atoms with van der Waals surface area (Å²) in [5, 5.41) is 24.5. The molecule has 2 rings (SSSR count). The van der Waals surface area contributed by atoms with Crippen molar-refractivity contribution < 1.29 is 19.6 Å². The molecule has 128 valence electrons. The molecule has 7 nitrogen and oxygen atoms in total. The van der Waals surface area contributed by atoms with Crippen molar-refractivity contribution in [3.8, 4) is 0 Å². The maximum atomic E-state index is 12.2. The Morgan fingerprint density at radius 2 is 1.84 bits per heavy atom. The van der Waals surface area contributed by atoms with E-state index in [4.69, 9.17) is 23.2 Å². The summed E-state index contributed by atoms with van der Waals surface area (Å²) in [5.41, 5.74) is -0.580. The van der Waals surface area contributed by atoms with Crippen LogP contribution < -0.4 is 10.4 Å². The smallest absolute Gasteiger partial charge is 0.270 e. The summed E-state index contributed by atoms with van der Waals surface area (Å²) in [6.45, 7) is 0. The summed E-state index contributed by atoms with van der Waals surface area (Å²) in [5.74, 6) is -2.45. The summed E-state index contributed by atoms with van der Waals surface area (Å²) < 4.78 is 0. The van der Waals surface area contributed by atoms with E-state index in [1.807, 2.05) is 0 Å². The third-order valence-corrected chi connectivity index (χ3v) is 3.58. The molecule has 0 atom stereocenters. The van der Waals surface area contributed by atoms with Crippen molar-refractivity contribution in [1.29, 1.82) is 0 Å². The topological polar surface area (TPSA) is 112 Å². The van der Waals surface area contributed by atoms with Gasteiger partial charge < -0.3 is 15.2 Å². The molecule has 25 heavy (non-hydrogen) atoms. The molecule has 0 radical (unpaired) electrons. The Kier molecular flexibility index (Phi) is 5.74. The van der Waals surface area contributed by atoms with Gasteiger partial charge in [-0.3, -0.25) is 14.9 Å². The number of hydrogen-bond acceptors (Lipinski definition) is 5. The van der Waals surface area contributed by atoms with E-state index < -0.39 is 22.5 Å². The summed E-state index contributed by atoms with van der Waals surface area (Å²) in [4.78, 5) is 33.6. The molecule has 0 spiro atoms. The molecule has 0 saturated heterocycles. The molecule has 0 heterocycles. The molecule has 1 amide bonds. The summed E-state index contributed by atoms with van der Waals surface area (Å²) in [6, 6.07) is 9.32. The molecule has 2 aromatic rings. The van der Waals surface area contributed by atoms with Crippen molar-refractivity contribution in [3.05, 3.63) is 79.4 Å². The lowest BCUT2D eigenvalue weighted by Gasteiger charge is -2.12. The number of carbonyl (C=O) groups is 2. The second kappa shape index (κ2) is 7.78. The van der Waals surface area contributed by atoms with Crippen LogP contribution in [0.2, 0.25) is 10.0 Å². The van der Waals surface area contributed by atoms with Gasteiger partial charge in [0.25, 0.3) is 11.6 Å². The van der Waals surface area contributed by atoms with Crippen LogP contribution in [-0.2, 0) is 4.79 Å². The minimum Gasteiger partial charge on any atom is -0.543 e. The highest BCUT2D eigenvalue weighted by molar-refractivity contribution is 6.36. The van der Waals surface area contributed by atoms with Crippen molar-refractivity contribution in [2.75, 3.05) is 0 Å². The number of carbonyl (C=O) groups excluding carboxylic acids is 2. The first kappa shape index (κ1) is 18.4. The second-order valence-corrected chi connectivity index (χ2v) is 5.62. The zero-order chi connectivity index (χ0) is 18.6. The van der Waals surface area contributed by atoms with Crippen LogP contribution in [0.5, 0.6) is 0 Å². The molecular weight excluding hydrogens is 371 g/mol. The molecule has 0 saturated carbocycles. The van der Waals surface area contributed by atoms with Gasteiger partial charge in [0.1, 0.15) is 0 Å². The van der Waals surface area contributed by atoms with Crippen LogP contribution in [0.15, 0.2) is 48.2 Å². The molecule has 0 bridgehead atoms. The number of amides is 1. The van der Waals surface area contributed by atoms with Crippen molar-refractivity contribution in [3.63, 3.8) is 0 Å². The fourth-order valence-corrected chi connectivity index (χ4v) is 2.40. The highest BCUT2D eigenvalue weighted by Crippen LogP contribution is 2.21. The first-order valence-corrected chi connectivity index (χ1v) is 7.47. The number of benzene rings is 2. The Balaban J connectivity index is 2.32. The number of carboxylic acids is 1. The lowest BCUT2D eigenvalue weighted by atomic mass is 10.1. The van der Waals surface area contributed by atoms with Crippen LogP contribution >= 0.6 is 23.2 Å². The lowest BCUT2D eigenvalue weighted by Crippen LogP contribution is -2.35. The van der Waals surface area contributed by atoms with E-state index in [2.05, 4.69) is 5.32 Å². The van der Waals surface area contributed by atoms with E-state index in [9.17, 15) is 24.8 Å². The van der Waals surface area contributed by atoms with Crippen LogP contribution in [-0.4, -0.2) is 16.8 Å². The van der Waals surface area contributed by atoms with E-state index in [0.29, 0.717) is 5.02 Å². The number of halogens is 2. The number of rotatable bonds is 5. The van der Waals surface area contributed by atoms with Gasteiger partial charge in [-0.1, -0.05) is 35.3 Å². The monoisotopic (exact) mass is 379 g/mol. The summed E-state index contributed by atoms with van der Waals surface area (Å²) in [7, 11) is 0. The largest absolute Gasteiger partial charge is 0.543 e. The molecule has 0 unspecified atom stereocenters. The summed E-state index contributed by atoms with van der Waals surface area (Å²) in [6.07, 6.45) is 1.05. The SMILES string of the molecule is O=C([O-])/C(=C\c1cccc([N+](=O)[O-])c1)NC(=O)c1ccc(Cl)cc1Cl. The number of hydrogen-bond donors (Lipinski definition) is 1. The maximum absolute atomic E-state index is 12.2. The first-order chi connectivity index (χ1) is 11.8. The van der Waals surface area contributed by atoms with Gasteiger partial charge in [0.15, 0.2) is 0 Å². The lowest BCUT2D eigenvalue weighted by molar-refractivity contribution is -0.384. The van der Waals surface area contributed by atoms with Gasteiger partial charge in [0, 0.05) is 17.2 Å². The normalized spacial score (nSPS) is 11.0. The average Bonchev–Trinajstić information content (AvgIpc) is 2.54. The van der Waals surface area contributed by atoms with Crippen molar-refractivity contribution in [2.45, 2.75) is 0 Å². The van der Waals surface area contributed by atoms with E-state index >= 15 is 0 Å². The van der Waals surface area contributed by atoms with Gasteiger partial charge >= 0.3 is 0 Å². The first-order valence-electron chi connectivity index (χ1n) is 6.72. The third kappa shape index (κ3) is 4.79. The van der Waals surface area contributed by atoms with Gasteiger partial charge in [-0.2, -0.15) is 0 Å². The van der Waals surface area contributed by atoms with E-state index in [1.165, 1.54) is 36.4 Å². The Morgan fingerprint density at radius 3 is 2.44 bits per heavy atom. The van der Waals surface area contributed by atoms with E-state index in [0.717, 1.165) is 12.1 Å². The van der Waals surface area contributed by atoms with Crippen molar-refractivity contribution in [1.82, 2.24) is 5.32 Å². The van der Waals surface area contributed by atoms with Crippen LogP contribution in [0.3, 0.4) is 0 Å². The molecule has 0 aliphatic carbocycles. The number of nitro benzene ring substituents is 1. The Morgan fingerprint density at radius 1 is 1.12 bits per heavy atom. The van der Waals surface area contributed by atoms with Crippen molar-refractivity contribution in [2.24, 2.45) is 0 Å². The van der Waals surface area contributed by atoms with Gasteiger partial charge in [-0.05, 0) is 29.8 Å². The third-order valence-electron chi connectivity index (χ3n) is 3.04. The Hall–Kier alpha value is -2.90. The number of nitrogens with zero attached hydrogens (tertiary/aromatic N) is 1. The predicted molar refractivity (Wildman–Crippen MR) is 90.0 cm³/mol. The second-order valence-electron chi connectivity index (χ2n) is 4.78. The van der Waals surface area contributed by atoms with E-state index in [1.54, 1.807) is 0 Å². The van der Waals surface area contributed by atoms with Gasteiger partial charge in [-0.25, -0.2) is 0 Å².